The highest BCUT2D eigenvalue weighted by atomic mass is 16.1. The molecule has 1 N–H and O–H groups in total. The second kappa shape index (κ2) is 8.21. The zero-order chi connectivity index (χ0) is 19.3. The third-order valence-corrected chi connectivity index (χ3v) is 5.15. The van der Waals surface area contributed by atoms with Crippen LogP contribution >= 0.6 is 0 Å². The van der Waals surface area contributed by atoms with Crippen molar-refractivity contribution >= 4 is 11.7 Å². The molecule has 1 aliphatic heterocycles. The number of nitrogens with one attached hydrogen (secondary N) is 1. The molecule has 1 aliphatic rings. The Morgan fingerprint density at radius 2 is 1.64 bits per heavy atom. The highest BCUT2D eigenvalue weighted by Gasteiger charge is 2.19. The Kier molecular flexibility index (Phi) is 5.33. The van der Waals surface area contributed by atoms with Crippen molar-refractivity contribution in [3.63, 3.8) is 0 Å². The Morgan fingerprint density at radius 1 is 0.964 bits per heavy atom. The second-order valence-electron chi connectivity index (χ2n) is 7.11. The average molecular weight is 372 g/mol. The van der Waals surface area contributed by atoms with Crippen molar-refractivity contribution in [2.75, 3.05) is 18.0 Å². The van der Waals surface area contributed by atoms with Crippen LogP contribution in [0.15, 0.2) is 67.0 Å². The van der Waals surface area contributed by atoms with Crippen LogP contribution in [0.3, 0.4) is 0 Å². The second-order valence-corrected chi connectivity index (χ2v) is 7.11. The van der Waals surface area contributed by atoms with Gasteiger partial charge >= 0.3 is 0 Å². The van der Waals surface area contributed by atoms with Crippen molar-refractivity contribution in [3.8, 4) is 11.3 Å². The SMILES string of the molecule is CC(NC(=O)c1ccc(-c2nccnc2N2CCCC2)cc1)c1ccccc1. The summed E-state index contributed by atoms with van der Waals surface area (Å²) in [5, 5.41) is 3.05. The van der Waals surface area contributed by atoms with E-state index in [1.54, 1.807) is 12.4 Å². The lowest BCUT2D eigenvalue weighted by Crippen LogP contribution is -2.26. The largest absolute Gasteiger partial charge is 0.355 e. The lowest BCUT2D eigenvalue weighted by Gasteiger charge is -2.19. The van der Waals surface area contributed by atoms with E-state index in [4.69, 9.17) is 0 Å². The first-order valence-corrected chi connectivity index (χ1v) is 9.74. The molecule has 0 radical (unpaired) electrons. The fourth-order valence-electron chi connectivity index (χ4n) is 3.58. The van der Waals surface area contributed by atoms with E-state index in [2.05, 4.69) is 20.2 Å². The monoisotopic (exact) mass is 372 g/mol. The van der Waals surface area contributed by atoms with Gasteiger partial charge in [0, 0.05) is 36.6 Å². The minimum atomic E-state index is -0.0817. The Balaban J connectivity index is 1.51. The molecule has 1 unspecified atom stereocenters. The molecule has 3 aromatic rings. The van der Waals surface area contributed by atoms with Gasteiger partial charge in [-0.25, -0.2) is 4.98 Å². The molecule has 2 heterocycles. The van der Waals surface area contributed by atoms with Crippen LogP contribution in [0.2, 0.25) is 0 Å². The summed E-state index contributed by atoms with van der Waals surface area (Å²) in [7, 11) is 0. The average Bonchev–Trinajstić information content (AvgIpc) is 3.29. The summed E-state index contributed by atoms with van der Waals surface area (Å²) in [4.78, 5) is 24.0. The molecule has 1 amide bonds. The van der Waals surface area contributed by atoms with Gasteiger partial charge in [-0.3, -0.25) is 9.78 Å². The molecule has 2 aromatic carbocycles. The van der Waals surface area contributed by atoms with E-state index in [1.807, 2.05) is 61.5 Å². The van der Waals surface area contributed by atoms with Gasteiger partial charge in [0.1, 0.15) is 5.69 Å². The third-order valence-electron chi connectivity index (χ3n) is 5.15. The molecule has 0 spiro atoms. The molecule has 1 fully saturated rings. The summed E-state index contributed by atoms with van der Waals surface area (Å²) < 4.78 is 0. The molecule has 0 bridgehead atoms. The van der Waals surface area contributed by atoms with Gasteiger partial charge in [0.2, 0.25) is 0 Å². The maximum Gasteiger partial charge on any atom is 0.251 e. The van der Waals surface area contributed by atoms with Gasteiger partial charge < -0.3 is 10.2 Å². The Hall–Kier alpha value is -3.21. The summed E-state index contributed by atoms with van der Waals surface area (Å²) in [6, 6.07) is 17.5. The fourth-order valence-corrected chi connectivity index (χ4v) is 3.58. The predicted octanol–water partition coefficient (Wildman–Crippen LogP) is 4.23. The van der Waals surface area contributed by atoms with Gasteiger partial charge in [-0.15, -0.1) is 0 Å². The van der Waals surface area contributed by atoms with E-state index < -0.39 is 0 Å². The molecular formula is C23H24N4O. The number of aromatic nitrogens is 2. The minimum Gasteiger partial charge on any atom is -0.355 e. The first kappa shape index (κ1) is 18.2. The number of carbonyl (C=O) groups excluding carboxylic acids is 1. The molecule has 5 nitrogen and oxygen atoms in total. The number of nitrogens with zero attached hydrogens (tertiary/aromatic N) is 3. The zero-order valence-corrected chi connectivity index (χ0v) is 16.0. The van der Waals surface area contributed by atoms with Crippen LogP contribution in [0.25, 0.3) is 11.3 Å². The molecule has 1 aromatic heterocycles. The lowest BCUT2D eigenvalue weighted by molar-refractivity contribution is 0.0940. The Bertz CT molecular complexity index is 934. The van der Waals surface area contributed by atoms with Gasteiger partial charge in [0.05, 0.1) is 6.04 Å². The zero-order valence-electron chi connectivity index (χ0n) is 16.0. The Morgan fingerprint density at radius 3 is 2.36 bits per heavy atom. The van der Waals surface area contributed by atoms with Crippen LogP contribution in [0.5, 0.6) is 0 Å². The van der Waals surface area contributed by atoms with Crippen LogP contribution in [-0.2, 0) is 0 Å². The van der Waals surface area contributed by atoms with Crippen molar-refractivity contribution in [1.29, 1.82) is 0 Å². The topological polar surface area (TPSA) is 58.1 Å². The number of anilines is 1. The summed E-state index contributed by atoms with van der Waals surface area (Å²) >= 11 is 0. The minimum absolute atomic E-state index is 0.0462. The molecule has 4 rings (SSSR count). The summed E-state index contributed by atoms with van der Waals surface area (Å²) in [6.07, 6.45) is 5.84. The van der Waals surface area contributed by atoms with Crippen LogP contribution in [0.1, 0.15) is 41.7 Å². The molecule has 0 aliphatic carbocycles. The number of amides is 1. The van der Waals surface area contributed by atoms with E-state index in [1.165, 1.54) is 12.8 Å². The van der Waals surface area contributed by atoms with Crippen molar-refractivity contribution in [1.82, 2.24) is 15.3 Å². The first-order chi connectivity index (χ1) is 13.7. The van der Waals surface area contributed by atoms with E-state index in [-0.39, 0.29) is 11.9 Å². The summed E-state index contributed by atoms with van der Waals surface area (Å²) in [6.45, 7) is 4.02. The highest BCUT2D eigenvalue weighted by molar-refractivity contribution is 5.95. The quantitative estimate of drug-likeness (QED) is 0.728. The molecule has 1 atom stereocenters. The molecule has 0 saturated carbocycles. The first-order valence-electron chi connectivity index (χ1n) is 9.74. The van der Waals surface area contributed by atoms with Crippen LogP contribution in [-0.4, -0.2) is 29.0 Å². The van der Waals surface area contributed by atoms with Crippen LogP contribution < -0.4 is 10.2 Å². The van der Waals surface area contributed by atoms with Crippen molar-refractivity contribution in [2.24, 2.45) is 0 Å². The summed E-state index contributed by atoms with van der Waals surface area (Å²) in [5.41, 5.74) is 3.57. The van der Waals surface area contributed by atoms with E-state index >= 15 is 0 Å². The normalized spacial score (nSPS) is 14.7. The lowest BCUT2D eigenvalue weighted by atomic mass is 10.1. The molecule has 142 valence electrons. The van der Waals surface area contributed by atoms with E-state index in [0.717, 1.165) is 35.7 Å². The Labute approximate surface area is 165 Å². The number of hydrogen-bond donors (Lipinski definition) is 1. The highest BCUT2D eigenvalue weighted by Crippen LogP contribution is 2.29. The van der Waals surface area contributed by atoms with Gasteiger partial charge in [0.25, 0.3) is 5.91 Å². The standard InChI is InChI=1S/C23H24N4O/c1-17(18-7-3-2-4-8-18)26-23(28)20-11-9-19(10-12-20)21-22(25-14-13-24-21)27-15-5-6-16-27/h2-4,7-14,17H,5-6,15-16H2,1H3,(H,26,28). The van der Waals surface area contributed by atoms with Gasteiger partial charge in [-0.2, -0.15) is 0 Å². The maximum absolute atomic E-state index is 12.6. The van der Waals surface area contributed by atoms with Crippen molar-refractivity contribution in [2.45, 2.75) is 25.8 Å². The molecular weight excluding hydrogens is 348 g/mol. The number of benzene rings is 2. The van der Waals surface area contributed by atoms with Gasteiger partial charge in [-0.1, -0.05) is 42.5 Å². The third kappa shape index (κ3) is 3.88. The number of hydrogen-bond acceptors (Lipinski definition) is 4. The van der Waals surface area contributed by atoms with Crippen molar-refractivity contribution < 1.29 is 4.79 Å². The maximum atomic E-state index is 12.6. The van der Waals surface area contributed by atoms with Crippen molar-refractivity contribution in [3.05, 3.63) is 78.1 Å². The molecule has 28 heavy (non-hydrogen) atoms. The molecule has 1 saturated heterocycles. The predicted molar refractivity (Wildman–Crippen MR) is 111 cm³/mol. The number of rotatable bonds is 5. The van der Waals surface area contributed by atoms with E-state index in [0.29, 0.717) is 5.56 Å². The fraction of sp³-hybridized carbons (Fsp3) is 0.261. The van der Waals surface area contributed by atoms with Gasteiger partial charge in [-0.05, 0) is 37.5 Å². The van der Waals surface area contributed by atoms with Crippen LogP contribution in [0.4, 0.5) is 5.82 Å². The van der Waals surface area contributed by atoms with Gasteiger partial charge in [0.15, 0.2) is 5.82 Å². The number of carbonyl (C=O) groups is 1. The van der Waals surface area contributed by atoms with E-state index in [9.17, 15) is 4.79 Å². The smallest absolute Gasteiger partial charge is 0.251 e. The molecule has 5 heteroatoms. The van der Waals surface area contributed by atoms with Crippen LogP contribution in [0, 0.1) is 0 Å². The summed E-state index contributed by atoms with van der Waals surface area (Å²) in [5.74, 6) is 0.844.